The minimum Gasteiger partial charge on any atom is -0.370 e. The van der Waals surface area contributed by atoms with Gasteiger partial charge < -0.3 is 15.0 Å². The van der Waals surface area contributed by atoms with Crippen LogP contribution in [0.15, 0.2) is 34.6 Å². The highest BCUT2D eigenvalue weighted by Gasteiger charge is 2.24. The molecule has 134 valence electrons. The van der Waals surface area contributed by atoms with Crippen LogP contribution in [0, 0.1) is 13.8 Å². The van der Waals surface area contributed by atoms with E-state index in [1.54, 1.807) is 11.3 Å². The Bertz CT molecular complexity index is 728. The molecule has 25 heavy (non-hydrogen) atoms. The first-order valence-corrected chi connectivity index (χ1v) is 9.59. The summed E-state index contributed by atoms with van der Waals surface area (Å²) in [7, 11) is 1.84. The third-order valence-electron chi connectivity index (χ3n) is 4.44. The zero-order valence-electron chi connectivity index (χ0n) is 15.2. The number of guanidine groups is 1. The number of hydrogen-bond acceptors (Lipinski definition) is 4. The molecule has 6 heteroatoms. The maximum absolute atomic E-state index is 6.01. The van der Waals surface area contributed by atoms with Crippen molar-refractivity contribution in [3.63, 3.8) is 0 Å². The fourth-order valence-corrected chi connectivity index (χ4v) is 3.78. The Morgan fingerprint density at radius 2 is 2.24 bits per heavy atom. The second-order valence-electron chi connectivity index (χ2n) is 6.24. The normalized spacial score (nSPS) is 18.4. The van der Waals surface area contributed by atoms with Gasteiger partial charge in [0.2, 0.25) is 0 Å². The van der Waals surface area contributed by atoms with Crippen molar-refractivity contribution in [1.29, 1.82) is 0 Å². The van der Waals surface area contributed by atoms with Gasteiger partial charge >= 0.3 is 0 Å². The van der Waals surface area contributed by atoms with Crippen LogP contribution in [0.2, 0.25) is 0 Å². The summed E-state index contributed by atoms with van der Waals surface area (Å²) < 4.78 is 6.01. The van der Waals surface area contributed by atoms with E-state index >= 15 is 0 Å². The van der Waals surface area contributed by atoms with Crippen LogP contribution in [0.5, 0.6) is 0 Å². The summed E-state index contributed by atoms with van der Waals surface area (Å²) in [6.07, 6.45) is 1.00. The van der Waals surface area contributed by atoms with Crippen LogP contribution in [0.25, 0.3) is 0 Å². The van der Waals surface area contributed by atoms with E-state index in [0.29, 0.717) is 6.61 Å². The number of nitrogens with zero attached hydrogens (tertiary/aromatic N) is 3. The van der Waals surface area contributed by atoms with Crippen molar-refractivity contribution in [3.8, 4) is 0 Å². The molecule has 5 nitrogen and oxygen atoms in total. The summed E-state index contributed by atoms with van der Waals surface area (Å²) in [6, 6.07) is 8.44. The average molecular weight is 359 g/mol. The summed E-state index contributed by atoms with van der Waals surface area (Å²) >= 11 is 1.70. The van der Waals surface area contributed by atoms with Gasteiger partial charge in [0, 0.05) is 31.9 Å². The zero-order chi connectivity index (χ0) is 17.6. The van der Waals surface area contributed by atoms with Crippen molar-refractivity contribution in [2.45, 2.75) is 26.4 Å². The SMILES string of the molecule is CN=C(NCCc1csc(C)n1)N1CCOC(c2ccccc2C)C1. The van der Waals surface area contributed by atoms with Gasteiger partial charge in [0.15, 0.2) is 5.96 Å². The second kappa shape index (κ2) is 8.45. The van der Waals surface area contributed by atoms with Crippen molar-refractivity contribution in [3.05, 3.63) is 51.5 Å². The van der Waals surface area contributed by atoms with Crippen LogP contribution in [0.1, 0.15) is 27.9 Å². The highest BCUT2D eigenvalue weighted by molar-refractivity contribution is 7.09. The number of thiazole rings is 1. The van der Waals surface area contributed by atoms with E-state index in [1.807, 2.05) is 14.0 Å². The van der Waals surface area contributed by atoms with Crippen molar-refractivity contribution in [1.82, 2.24) is 15.2 Å². The summed E-state index contributed by atoms with van der Waals surface area (Å²) in [6.45, 7) is 7.41. The Kier molecular flexibility index (Phi) is 6.04. The van der Waals surface area contributed by atoms with Crippen molar-refractivity contribution in [2.75, 3.05) is 33.3 Å². The van der Waals surface area contributed by atoms with Crippen LogP contribution < -0.4 is 5.32 Å². The second-order valence-corrected chi connectivity index (χ2v) is 7.31. The smallest absolute Gasteiger partial charge is 0.193 e. The van der Waals surface area contributed by atoms with Crippen LogP contribution in [-0.2, 0) is 11.2 Å². The molecule has 1 aromatic carbocycles. The van der Waals surface area contributed by atoms with Gasteiger partial charge in [0.05, 0.1) is 23.9 Å². The maximum atomic E-state index is 6.01. The molecule has 1 unspecified atom stereocenters. The van der Waals surface area contributed by atoms with E-state index in [4.69, 9.17) is 4.74 Å². The first-order valence-electron chi connectivity index (χ1n) is 8.71. The number of hydrogen-bond donors (Lipinski definition) is 1. The summed E-state index contributed by atoms with van der Waals surface area (Å²) in [5, 5.41) is 6.72. The minimum absolute atomic E-state index is 0.0923. The predicted molar refractivity (Wildman–Crippen MR) is 103 cm³/mol. The molecule has 1 aliphatic rings. The van der Waals surface area contributed by atoms with Gasteiger partial charge in [-0.25, -0.2) is 4.98 Å². The molecule has 0 aliphatic carbocycles. The number of aromatic nitrogens is 1. The Hall–Kier alpha value is -1.92. The number of rotatable bonds is 4. The van der Waals surface area contributed by atoms with Gasteiger partial charge in [-0.05, 0) is 25.0 Å². The van der Waals surface area contributed by atoms with Gasteiger partial charge in [0.1, 0.15) is 6.10 Å². The first-order chi connectivity index (χ1) is 12.2. The highest BCUT2D eigenvalue weighted by atomic mass is 32.1. The van der Waals surface area contributed by atoms with Gasteiger partial charge in [0.25, 0.3) is 0 Å². The van der Waals surface area contributed by atoms with Crippen LogP contribution >= 0.6 is 11.3 Å². The largest absolute Gasteiger partial charge is 0.370 e. The Balaban J connectivity index is 1.58. The molecule has 3 rings (SSSR count). The number of ether oxygens (including phenoxy) is 1. The lowest BCUT2D eigenvalue weighted by Gasteiger charge is -2.35. The monoisotopic (exact) mass is 358 g/mol. The van der Waals surface area contributed by atoms with E-state index in [0.717, 1.165) is 42.7 Å². The number of nitrogens with one attached hydrogen (secondary N) is 1. The molecule has 1 atom stereocenters. The average Bonchev–Trinajstić information content (AvgIpc) is 3.04. The topological polar surface area (TPSA) is 49.8 Å². The Morgan fingerprint density at radius 1 is 1.40 bits per heavy atom. The van der Waals surface area contributed by atoms with Gasteiger partial charge in [-0.1, -0.05) is 24.3 Å². The third-order valence-corrected chi connectivity index (χ3v) is 5.27. The summed E-state index contributed by atoms with van der Waals surface area (Å²) in [5.74, 6) is 0.939. The number of aryl methyl sites for hydroxylation is 2. The van der Waals surface area contributed by atoms with Crippen molar-refractivity contribution < 1.29 is 4.74 Å². The molecule has 2 heterocycles. The lowest BCUT2D eigenvalue weighted by molar-refractivity contribution is -0.00829. The van der Waals surface area contributed by atoms with Crippen LogP contribution in [-0.4, -0.2) is 49.1 Å². The molecular formula is C19H26N4OS. The number of morpholine rings is 1. The number of aliphatic imine (C=N–C) groups is 1. The predicted octanol–water partition coefficient (Wildman–Crippen LogP) is 2.95. The zero-order valence-corrected chi connectivity index (χ0v) is 16.0. The molecule has 0 bridgehead atoms. The molecule has 2 aromatic rings. The number of benzene rings is 1. The third kappa shape index (κ3) is 4.58. The fourth-order valence-electron chi connectivity index (χ4n) is 3.14. The molecule has 1 aromatic heterocycles. The van der Waals surface area contributed by atoms with E-state index in [2.05, 4.69) is 56.8 Å². The van der Waals surface area contributed by atoms with Crippen LogP contribution in [0.3, 0.4) is 0 Å². The summed E-state index contributed by atoms with van der Waals surface area (Å²) in [4.78, 5) is 11.3. The summed E-state index contributed by atoms with van der Waals surface area (Å²) in [5.41, 5.74) is 3.68. The standard InChI is InChI=1S/C19H26N4OS/c1-14-6-4-5-7-17(14)18-12-23(10-11-24-18)19(20-3)21-9-8-16-13-25-15(2)22-16/h4-7,13,18H,8-12H2,1-3H3,(H,20,21). The fraction of sp³-hybridized carbons (Fsp3) is 0.474. The highest BCUT2D eigenvalue weighted by Crippen LogP contribution is 2.24. The van der Waals surface area contributed by atoms with E-state index in [9.17, 15) is 0 Å². The van der Waals surface area contributed by atoms with Gasteiger partial charge in [-0.3, -0.25) is 4.99 Å². The van der Waals surface area contributed by atoms with E-state index < -0.39 is 0 Å². The quantitative estimate of drug-likeness (QED) is 0.674. The molecule has 1 fully saturated rings. The lowest BCUT2D eigenvalue weighted by atomic mass is 10.0. The maximum Gasteiger partial charge on any atom is 0.193 e. The van der Waals surface area contributed by atoms with Gasteiger partial charge in [-0.2, -0.15) is 0 Å². The Labute approximate surface area is 153 Å². The van der Waals surface area contributed by atoms with E-state index in [-0.39, 0.29) is 6.10 Å². The molecule has 0 amide bonds. The lowest BCUT2D eigenvalue weighted by Crippen LogP contribution is -2.48. The van der Waals surface area contributed by atoms with Gasteiger partial charge in [-0.15, -0.1) is 11.3 Å². The minimum atomic E-state index is 0.0923. The molecular weight excluding hydrogens is 332 g/mol. The molecule has 1 N–H and O–H groups in total. The Morgan fingerprint density at radius 3 is 2.96 bits per heavy atom. The molecule has 0 spiro atoms. The molecule has 0 radical (unpaired) electrons. The van der Waals surface area contributed by atoms with E-state index in [1.165, 1.54) is 11.1 Å². The van der Waals surface area contributed by atoms with Crippen molar-refractivity contribution >= 4 is 17.3 Å². The molecule has 1 aliphatic heterocycles. The van der Waals surface area contributed by atoms with Crippen molar-refractivity contribution in [2.24, 2.45) is 4.99 Å². The first kappa shape index (κ1) is 17.9. The molecule has 1 saturated heterocycles. The van der Waals surface area contributed by atoms with Crippen LogP contribution in [0.4, 0.5) is 0 Å². The molecule has 0 saturated carbocycles.